The first-order valence-electron chi connectivity index (χ1n) is 5.37. The molecule has 1 atom stereocenters. The standard InChI is InChI=1S/C12H13F2NO2/c1-15-6-8(2-12(15)16)7-17-11-4-9(13)3-10(14)5-11/h3-5,8H,2,6-7H2,1H3. The highest BCUT2D eigenvalue weighted by atomic mass is 19.1. The number of hydrogen-bond donors (Lipinski definition) is 0. The van der Waals surface area contributed by atoms with Crippen LogP contribution in [0.1, 0.15) is 6.42 Å². The minimum Gasteiger partial charge on any atom is -0.493 e. The molecule has 1 unspecified atom stereocenters. The van der Waals surface area contributed by atoms with Gasteiger partial charge in [0, 0.05) is 44.1 Å². The summed E-state index contributed by atoms with van der Waals surface area (Å²) in [4.78, 5) is 12.9. The van der Waals surface area contributed by atoms with Crippen molar-refractivity contribution in [3.63, 3.8) is 0 Å². The van der Waals surface area contributed by atoms with Gasteiger partial charge in [-0.25, -0.2) is 8.78 Å². The zero-order valence-electron chi connectivity index (χ0n) is 9.45. The molecule has 0 aliphatic carbocycles. The Hall–Kier alpha value is -1.65. The fraction of sp³-hybridized carbons (Fsp3) is 0.417. The number of carbonyl (C=O) groups excluding carboxylic acids is 1. The maximum absolute atomic E-state index is 12.9. The Morgan fingerprint density at radius 1 is 1.35 bits per heavy atom. The molecule has 0 aromatic heterocycles. The van der Waals surface area contributed by atoms with E-state index in [1.807, 2.05) is 0 Å². The van der Waals surface area contributed by atoms with E-state index >= 15 is 0 Å². The Bertz CT molecular complexity index is 416. The van der Waals surface area contributed by atoms with Crippen LogP contribution in [0.3, 0.4) is 0 Å². The highest BCUT2D eigenvalue weighted by Crippen LogP contribution is 2.20. The molecular formula is C12H13F2NO2. The molecule has 92 valence electrons. The second-order valence-corrected chi connectivity index (χ2v) is 4.26. The molecule has 17 heavy (non-hydrogen) atoms. The van der Waals surface area contributed by atoms with Crippen molar-refractivity contribution in [1.29, 1.82) is 0 Å². The normalized spacial score (nSPS) is 19.8. The largest absolute Gasteiger partial charge is 0.493 e. The fourth-order valence-corrected chi connectivity index (χ4v) is 1.89. The summed E-state index contributed by atoms with van der Waals surface area (Å²) in [6.07, 6.45) is 0.425. The number of carbonyl (C=O) groups is 1. The van der Waals surface area contributed by atoms with Gasteiger partial charge in [0.2, 0.25) is 5.91 Å². The van der Waals surface area contributed by atoms with Crippen molar-refractivity contribution in [2.24, 2.45) is 5.92 Å². The van der Waals surface area contributed by atoms with Crippen molar-refractivity contribution >= 4 is 5.91 Å². The van der Waals surface area contributed by atoms with Crippen LogP contribution in [0.2, 0.25) is 0 Å². The van der Waals surface area contributed by atoms with E-state index in [0.29, 0.717) is 19.6 Å². The Balaban J connectivity index is 1.92. The molecule has 1 heterocycles. The van der Waals surface area contributed by atoms with Gasteiger partial charge in [-0.2, -0.15) is 0 Å². The fourth-order valence-electron chi connectivity index (χ4n) is 1.89. The van der Waals surface area contributed by atoms with Crippen LogP contribution < -0.4 is 4.74 Å². The second kappa shape index (κ2) is 4.69. The number of nitrogens with zero attached hydrogens (tertiary/aromatic N) is 1. The monoisotopic (exact) mass is 241 g/mol. The predicted molar refractivity (Wildman–Crippen MR) is 57.6 cm³/mol. The molecule has 1 aliphatic rings. The van der Waals surface area contributed by atoms with Gasteiger partial charge < -0.3 is 9.64 Å². The first-order chi connectivity index (χ1) is 8.04. The Morgan fingerprint density at radius 3 is 2.53 bits per heavy atom. The van der Waals surface area contributed by atoms with Crippen LogP contribution >= 0.6 is 0 Å². The van der Waals surface area contributed by atoms with Crippen molar-refractivity contribution in [2.45, 2.75) is 6.42 Å². The number of benzene rings is 1. The first kappa shape index (κ1) is 11.8. The van der Waals surface area contributed by atoms with E-state index in [1.165, 1.54) is 0 Å². The lowest BCUT2D eigenvalue weighted by Crippen LogP contribution is -2.20. The number of halogens is 2. The van der Waals surface area contributed by atoms with Gasteiger partial charge in [-0.05, 0) is 0 Å². The third-order valence-corrected chi connectivity index (χ3v) is 2.74. The SMILES string of the molecule is CN1CC(COc2cc(F)cc(F)c2)CC1=O. The van der Waals surface area contributed by atoms with E-state index < -0.39 is 11.6 Å². The molecular weight excluding hydrogens is 228 g/mol. The summed E-state index contributed by atoms with van der Waals surface area (Å²) in [5.41, 5.74) is 0. The number of ether oxygens (including phenoxy) is 1. The van der Waals surface area contributed by atoms with Crippen LogP contribution in [0.25, 0.3) is 0 Å². The third kappa shape index (κ3) is 2.93. The molecule has 1 aromatic carbocycles. The predicted octanol–water partition coefficient (Wildman–Crippen LogP) is 1.82. The summed E-state index contributed by atoms with van der Waals surface area (Å²) in [7, 11) is 1.73. The maximum Gasteiger partial charge on any atom is 0.222 e. The lowest BCUT2D eigenvalue weighted by Gasteiger charge is -2.12. The van der Waals surface area contributed by atoms with E-state index in [-0.39, 0.29) is 17.6 Å². The number of hydrogen-bond acceptors (Lipinski definition) is 2. The van der Waals surface area contributed by atoms with Gasteiger partial charge in [0.25, 0.3) is 0 Å². The molecule has 0 spiro atoms. The Labute approximate surface area is 98.0 Å². The van der Waals surface area contributed by atoms with E-state index in [4.69, 9.17) is 4.74 Å². The van der Waals surface area contributed by atoms with Crippen molar-refractivity contribution in [3.8, 4) is 5.75 Å². The van der Waals surface area contributed by atoms with Crippen molar-refractivity contribution < 1.29 is 18.3 Å². The first-order valence-corrected chi connectivity index (χ1v) is 5.37. The molecule has 5 heteroatoms. The van der Waals surface area contributed by atoms with E-state index in [2.05, 4.69) is 0 Å². The molecule has 0 N–H and O–H groups in total. The van der Waals surface area contributed by atoms with Crippen molar-refractivity contribution in [1.82, 2.24) is 4.90 Å². The smallest absolute Gasteiger partial charge is 0.222 e. The molecule has 1 aliphatic heterocycles. The molecule has 3 nitrogen and oxygen atoms in total. The summed E-state index contributed by atoms with van der Waals surface area (Å²) in [6, 6.07) is 3.05. The van der Waals surface area contributed by atoms with Gasteiger partial charge in [0.1, 0.15) is 17.4 Å². The summed E-state index contributed by atoms with van der Waals surface area (Å²) in [5.74, 6) is -1.02. The maximum atomic E-state index is 12.9. The van der Waals surface area contributed by atoms with E-state index in [0.717, 1.165) is 18.2 Å². The van der Waals surface area contributed by atoms with Gasteiger partial charge >= 0.3 is 0 Å². The molecule has 1 fully saturated rings. The third-order valence-electron chi connectivity index (χ3n) is 2.74. The van der Waals surface area contributed by atoms with Gasteiger partial charge in [-0.15, -0.1) is 0 Å². The zero-order chi connectivity index (χ0) is 12.4. The Morgan fingerprint density at radius 2 is 2.00 bits per heavy atom. The van der Waals surface area contributed by atoms with E-state index in [1.54, 1.807) is 11.9 Å². The van der Waals surface area contributed by atoms with Crippen LogP contribution in [0, 0.1) is 17.6 Å². The average Bonchev–Trinajstić information content (AvgIpc) is 2.54. The van der Waals surface area contributed by atoms with Crippen LogP contribution in [0.5, 0.6) is 5.75 Å². The van der Waals surface area contributed by atoms with Gasteiger partial charge in [0.15, 0.2) is 0 Å². The average molecular weight is 241 g/mol. The van der Waals surface area contributed by atoms with Gasteiger partial charge in [0.05, 0.1) is 6.61 Å². The van der Waals surface area contributed by atoms with Gasteiger partial charge in [-0.3, -0.25) is 4.79 Å². The molecule has 0 saturated carbocycles. The molecule has 0 radical (unpaired) electrons. The summed E-state index contributed by atoms with van der Waals surface area (Å²) in [6.45, 7) is 0.912. The highest BCUT2D eigenvalue weighted by Gasteiger charge is 2.27. The molecule has 0 bridgehead atoms. The zero-order valence-corrected chi connectivity index (χ0v) is 9.45. The summed E-state index contributed by atoms with van der Waals surface area (Å²) in [5, 5.41) is 0. The van der Waals surface area contributed by atoms with Crippen molar-refractivity contribution in [2.75, 3.05) is 20.2 Å². The minimum absolute atomic E-state index is 0.0732. The molecule has 2 rings (SSSR count). The van der Waals surface area contributed by atoms with Gasteiger partial charge in [-0.1, -0.05) is 0 Å². The van der Waals surface area contributed by atoms with Crippen LogP contribution in [-0.4, -0.2) is 31.0 Å². The summed E-state index contributed by atoms with van der Waals surface area (Å²) < 4.78 is 31.0. The van der Waals surface area contributed by atoms with E-state index in [9.17, 15) is 13.6 Å². The number of amides is 1. The summed E-state index contributed by atoms with van der Waals surface area (Å²) >= 11 is 0. The highest BCUT2D eigenvalue weighted by molar-refractivity contribution is 5.78. The van der Waals surface area contributed by atoms with Crippen LogP contribution in [0.4, 0.5) is 8.78 Å². The number of likely N-dealkylation sites (tertiary alicyclic amines) is 1. The molecule has 1 amide bonds. The molecule has 1 saturated heterocycles. The lowest BCUT2D eigenvalue weighted by molar-refractivity contribution is -0.126. The minimum atomic E-state index is -0.667. The van der Waals surface area contributed by atoms with Crippen LogP contribution in [0.15, 0.2) is 18.2 Å². The quantitative estimate of drug-likeness (QED) is 0.807. The number of rotatable bonds is 3. The molecule has 1 aromatic rings. The lowest BCUT2D eigenvalue weighted by atomic mass is 10.1. The topological polar surface area (TPSA) is 29.5 Å². The van der Waals surface area contributed by atoms with Crippen LogP contribution in [-0.2, 0) is 4.79 Å². The second-order valence-electron chi connectivity index (χ2n) is 4.26. The Kier molecular flexibility index (Phi) is 3.26. The van der Waals surface area contributed by atoms with Crippen molar-refractivity contribution in [3.05, 3.63) is 29.8 Å².